The summed E-state index contributed by atoms with van der Waals surface area (Å²) in [6.07, 6.45) is 0.973. The van der Waals surface area contributed by atoms with Crippen molar-refractivity contribution in [2.24, 2.45) is 0 Å². The van der Waals surface area contributed by atoms with Crippen LogP contribution in [-0.2, 0) is 6.42 Å². The maximum Gasteiger partial charge on any atom is 0.133 e. The van der Waals surface area contributed by atoms with Gasteiger partial charge in [0.25, 0.3) is 0 Å². The van der Waals surface area contributed by atoms with Crippen LogP contribution in [0.2, 0.25) is 0 Å². The van der Waals surface area contributed by atoms with Crippen LogP contribution in [0.15, 0.2) is 34.1 Å². The van der Waals surface area contributed by atoms with E-state index in [2.05, 4.69) is 51.7 Å². The molecule has 1 atom stereocenters. The number of halogens is 1. The second kappa shape index (κ2) is 6.55. The average Bonchev–Trinajstić information content (AvgIpc) is 2.82. The highest BCUT2D eigenvalue weighted by Crippen LogP contribution is 2.30. The monoisotopic (exact) mass is 339 g/mol. The Morgan fingerprint density at radius 1 is 1.37 bits per heavy atom. The van der Waals surface area contributed by atoms with Gasteiger partial charge in [-0.3, -0.25) is 0 Å². The molecule has 0 fully saturated rings. The van der Waals surface area contributed by atoms with Crippen LogP contribution >= 0.6 is 27.3 Å². The van der Waals surface area contributed by atoms with Crippen molar-refractivity contribution in [3.8, 4) is 5.75 Å². The first-order chi connectivity index (χ1) is 9.15. The molecule has 0 radical (unpaired) electrons. The van der Waals surface area contributed by atoms with Gasteiger partial charge < -0.3 is 10.1 Å². The molecular weight excluding hydrogens is 322 g/mol. The van der Waals surface area contributed by atoms with E-state index in [0.29, 0.717) is 6.04 Å². The van der Waals surface area contributed by atoms with Crippen LogP contribution in [0.4, 0.5) is 0 Å². The number of likely N-dealkylation sites (N-methyl/N-ethyl adjacent to an activating group) is 1. The van der Waals surface area contributed by atoms with Crippen molar-refractivity contribution < 1.29 is 4.74 Å². The van der Waals surface area contributed by atoms with Gasteiger partial charge in [-0.25, -0.2) is 0 Å². The van der Waals surface area contributed by atoms with E-state index < -0.39 is 0 Å². The first-order valence-electron chi connectivity index (χ1n) is 6.19. The van der Waals surface area contributed by atoms with E-state index in [-0.39, 0.29) is 0 Å². The summed E-state index contributed by atoms with van der Waals surface area (Å²) in [7, 11) is 3.70. The van der Waals surface area contributed by atoms with E-state index in [0.717, 1.165) is 16.6 Å². The van der Waals surface area contributed by atoms with Crippen molar-refractivity contribution in [2.45, 2.75) is 19.4 Å². The minimum atomic E-state index is 0.361. The lowest BCUT2D eigenvalue weighted by molar-refractivity contribution is 0.412. The first kappa shape index (κ1) is 14.6. The Morgan fingerprint density at radius 2 is 2.16 bits per heavy atom. The van der Waals surface area contributed by atoms with E-state index in [1.165, 1.54) is 16.0 Å². The van der Waals surface area contributed by atoms with Gasteiger partial charge in [0.15, 0.2) is 0 Å². The summed E-state index contributed by atoms with van der Waals surface area (Å²) in [6.45, 7) is 2.17. The number of rotatable bonds is 5. The predicted molar refractivity (Wildman–Crippen MR) is 85.3 cm³/mol. The van der Waals surface area contributed by atoms with E-state index in [9.17, 15) is 0 Å². The maximum atomic E-state index is 5.26. The molecule has 0 aliphatic rings. The van der Waals surface area contributed by atoms with E-state index in [1.54, 1.807) is 7.11 Å². The van der Waals surface area contributed by atoms with Crippen molar-refractivity contribution in [1.82, 2.24) is 5.32 Å². The second-order valence-corrected chi connectivity index (χ2v) is 6.28. The summed E-state index contributed by atoms with van der Waals surface area (Å²) in [5.41, 5.74) is 2.65. The molecule has 19 heavy (non-hydrogen) atoms. The van der Waals surface area contributed by atoms with Crippen molar-refractivity contribution >= 4 is 27.3 Å². The van der Waals surface area contributed by atoms with Gasteiger partial charge in [-0.1, -0.05) is 6.07 Å². The Balaban J connectivity index is 2.19. The fourth-order valence-electron chi connectivity index (χ4n) is 2.14. The van der Waals surface area contributed by atoms with Gasteiger partial charge >= 0.3 is 0 Å². The Kier molecular flexibility index (Phi) is 5.02. The number of hydrogen-bond donors (Lipinski definition) is 1. The zero-order chi connectivity index (χ0) is 13.8. The van der Waals surface area contributed by atoms with Crippen molar-refractivity contribution in [1.29, 1.82) is 0 Å². The van der Waals surface area contributed by atoms with Gasteiger partial charge in [0, 0.05) is 10.9 Å². The molecule has 1 unspecified atom stereocenters. The minimum absolute atomic E-state index is 0.361. The maximum absolute atomic E-state index is 5.26. The number of methoxy groups -OCH3 is 1. The van der Waals surface area contributed by atoms with Gasteiger partial charge in [-0.2, -0.15) is 0 Å². The molecule has 102 valence electrons. The number of hydrogen-bond acceptors (Lipinski definition) is 3. The molecule has 4 heteroatoms. The standard InChI is InChI=1S/C15H18BrNOS/c1-10-6-7-19-15(10)13(17-2)9-11-4-5-14(18-3)12(16)8-11/h4-8,13,17H,9H2,1-3H3. The predicted octanol–water partition coefficient (Wildman–Crippen LogP) is 4.33. The SMILES string of the molecule is CNC(Cc1ccc(OC)c(Br)c1)c1sccc1C. The fourth-order valence-corrected chi connectivity index (χ4v) is 3.77. The van der Waals surface area contributed by atoms with E-state index >= 15 is 0 Å². The molecule has 1 aromatic heterocycles. The number of ether oxygens (including phenoxy) is 1. The highest BCUT2D eigenvalue weighted by Gasteiger charge is 2.14. The zero-order valence-electron chi connectivity index (χ0n) is 11.4. The molecule has 0 aliphatic carbocycles. The third-order valence-corrected chi connectivity index (χ3v) is 4.97. The number of benzene rings is 1. The molecule has 0 saturated heterocycles. The molecule has 0 saturated carbocycles. The highest BCUT2D eigenvalue weighted by molar-refractivity contribution is 9.10. The number of nitrogens with one attached hydrogen (secondary N) is 1. The van der Waals surface area contributed by atoms with E-state index in [4.69, 9.17) is 4.74 Å². The second-order valence-electron chi connectivity index (χ2n) is 4.48. The smallest absolute Gasteiger partial charge is 0.133 e. The summed E-state index contributed by atoms with van der Waals surface area (Å²) in [6, 6.07) is 8.80. The quantitative estimate of drug-likeness (QED) is 0.875. The van der Waals surface area contributed by atoms with Gasteiger partial charge in [-0.05, 0) is 71.0 Å². The van der Waals surface area contributed by atoms with Crippen LogP contribution in [0.25, 0.3) is 0 Å². The molecule has 0 bridgehead atoms. The average molecular weight is 340 g/mol. The summed E-state index contributed by atoms with van der Waals surface area (Å²) < 4.78 is 6.27. The minimum Gasteiger partial charge on any atom is -0.496 e. The van der Waals surface area contributed by atoms with Crippen molar-refractivity contribution in [3.05, 3.63) is 50.1 Å². The Morgan fingerprint density at radius 3 is 2.68 bits per heavy atom. The Hall–Kier alpha value is -0.840. The largest absolute Gasteiger partial charge is 0.496 e. The lowest BCUT2D eigenvalue weighted by Gasteiger charge is -2.16. The van der Waals surface area contributed by atoms with Gasteiger partial charge in [0.05, 0.1) is 11.6 Å². The molecule has 0 spiro atoms. The summed E-state index contributed by atoms with van der Waals surface area (Å²) >= 11 is 5.35. The number of thiophene rings is 1. The van der Waals surface area contributed by atoms with Crippen LogP contribution < -0.4 is 10.1 Å². The van der Waals surface area contributed by atoms with E-state index in [1.807, 2.05) is 24.5 Å². The molecule has 1 heterocycles. The Labute approximate surface area is 126 Å². The molecule has 0 amide bonds. The third kappa shape index (κ3) is 3.38. The van der Waals surface area contributed by atoms with Gasteiger partial charge in [-0.15, -0.1) is 11.3 Å². The van der Waals surface area contributed by atoms with Crippen LogP contribution in [0.5, 0.6) is 5.75 Å². The normalized spacial score (nSPS) is 12.4. The molecule has 2 aromatic rings. The van der Waals surface area contributed by atoms with Crippen LogP contribution in [0, 0.1) is 6.92 Å². The van der Waals surface area contributed by atoms with Crippen LogP contribution in [-0.4, -0.2) is 14.2 Å². The molecule has 2 nitrogen and oxygen atoms in total. The van der Waals surface area contributed by atoms with Crippen molar-refractivity contribution in [2.75, 3.05) is 14.2 Å². The van der Waals surface area contributed by atoms with Gasteiger partial charge in [0.2, 0.25) is 0 Å². The highest BCUT2D eigenvalue weighted by atomic mass is 79.9. The molecule has 2 rings (SSSR count). The fraction of sp³-hybridized carbons (Fsp3) is 0.333. The summed E-state index contributed by atoms with van der Waals surface area (Å²) in [5.74, 6) is 0.872. The molecule has 1 aromatic carbocycles. The zero-order valence-corrected chi connectivity index (χ0v) is 13.8. The molecule has 1 N–H and O–H groups in total. The molecular formula is C15H18BrNOS. The number of aryl methyl sites for hydroxylation is 1. The van der Waals surface area contributed by atoms with Crippen LogP contribution in [0.1, 0.15) is 22.0 Å². The Bertz CT molecular complexity index is 553. The topological polar surface area (TPSA) is 21.3 Å². The van der Waals surface area contributed by atoms with Crippen molar-refractivity contribution in [3.63, 3.8) is 0 Å². The lowest BCUT2D eigenvalue weighted by Crippen LogP contribution is -2.18. The van der Waals surface area contributed by atoms with Crippen LogP contribution in [0.3, 0.4) is 0 Å². The summed E-state index contributed by atoms with van der Waals surface area (Å²) in [5, 5.41) is 5.56. The third-order valence-electron chi connectivity index (χ3n) is 3.22. The van der Waals surface area contributed by atoms with Gasteiger partial charge in [0.1, 0.15) is 5.75 Å². The molecule has 0 aliphatic heterocycles. The lowest BCUT2D eigenvalue weighted by atomic mass is 10.0. The summed E-state index contributed by atoms with van der Waals surface area (Å²) in [4.78, 5) is 1.41. The first-order valence-corrected chi connectivity index (χ1v) is 7.86.